The van der Waals surface area contributed by atoms with Gasteiger partial charge in [-0.3, -0.25) is 5.43 Å². The van der Waals surface area contributed by atoms with E-state index in [1.807, 2.05) is 7.05 Å². The van der Waals surface area contributed by atoms with Crippen LogP contribution in [-0.4, -0.2) is 37.2 Å². The molecular formula is C6H13N3. The molecule has 0 aliphatic carbocycles. The standard InChI is InChI=1S/C6H13N3/c1-7-9-4-5-2-6(9)3-8-5/h5-8H,2-4H2,1H3/t5-,6-/m0/s1. The van der Waals surface area contributed by atoms with E-state index in [1.165, 1.54) is 19.5 Å². The Bertz CT molecular complexity index is 115. The van der Waals surface area contributed by atoms with Crippen molar-refractivity contribution in [2.75, 3.05) is 20.1 Å². The summed E-state index contributed by atoms with van der Waals surface area (Å²) >= 11 is 0. The van der Waals surface area contributed by atoms with Crippen molar-refractivity contribution in [2.45, 2.75) is 18.5 Å². The fourth-order valence-electron chi connectivity index (χ4n) is 1.83. The van der Waals surface area contributed by atoms with E-state index in [-0.39, 0.29) is 0 Å². The largest absolute Gasteiger partial charge is 0.311 e. The lowest BCUT2D eigenvalue weighted by molar-refractivity contribution is 0.167. The molecule has 3 heteroatoms. The monoisotopic (exact) mass is 127 g/mol. The van der Waals surface area contributed by atoms with Crippen molar-refractivity contribution in [2.24, 2.45) is 0 Å². The van der Waals surface area contributed by atoms with Crippen LogP contribution in [0.15, 0.2) is 0 Å². The molecule has 0 aromatic carbocycles. The van der Waals surface area contributed by atoms with Gasteiger partial charge in [0.05, 0.1) is 0 Å². The van der Waals surface area contributed by atoms with E-state index in [2.05, 4.69) is 15.8 Å². The SMILES string of the molecule is CNN1C[C@@H]2C[C@H]1CN2. The topological polar surface area (TPSA) is 27.3 Å². The van der Waals surface area contributed by atoms with Crippen molar-refractivity contribution in [3.05, 3.63) is 0 Å². The average molecular weight is 127 g/mol. The fraction of sp³-hybridized carbons (Fsp3) is 1.00. The van der Waals surface area contributed by atoms with Gasteiger partial charge >= 0.3 is 0 Å². The Labute approximate surface area is 55.4 Å². The van der Waals surface area contributed by atoms with Crippen LogP contribution in [0.5, 0.6) is 0 Å². The third-order valence-electron chi connectivity index (χ3n) is 2.34. The molecular weight excluding hydrogens is 114 g/mol. The van der Waals surface area contributed by atoms with E-state index in [4.69, 9.17) is 0 Å². The number of hydrazine groups is 1. The minimum absolute atomic E-state index is 0.764. The van der Waals surface area contributed by atoms with Gasteiger partial charge in [-0.1, -0.05) is 0 Å². The van der Waals surface area contributed by atoms with Crippen LogP contribution in [-0.2, 0) is 0 Å². The van der Waals surface area contributed by atoms with E-state index < -0.39 is 0 Å². The molecule has 2 rings (SSSR count). The summed E-state index contributed by atoms with van der Waals surface area (Å²) in [6.07, 6.45) is 1.33. The van der Waals surface area contributed by atoms with Gasteiger partial charge in [-0.05, 0) is 13.5 Å². The molecule has 2 saturated heterocycles. The maximum atomic E-state index is 3.44. The van der Waals surface area contributed by atoms with Gasteiger partial charge in [-0.25, -0.2) is 5.01 Å². The summed E-state index contributed by atoms with van der Waals surface area (Å²) in [6.45, 7) is 2.35. The van der Waals surface area contributed by atoms with Gasteiger partial charge in [0.2, 0.25) is 0 Å². The Hall–Kier alpha value is -0.120. The van der Waals surface area contributed by atoms with Crippen LogP contribution < -0.4 is 10.7 Å². The zero-order chi connectivity index (χ0) is 6.27. The first-order valence-corrected chi connectivity index (χ1v) is 3.57. The van der Waals surface area contributed by atoms with Crippen molar-refractivity contribution in [3.8, 4) is 0 Å². The van der Waals surface area contributed by atoms with Gasteiger partial charge in [0.1, 0.15) is 0 Å². The summed E-state index contributed by atoms with van der Waals surface area (Å²) in [7, 11) is 2.00. The molecule has 0 spiro atoms. The maximum Gasteiger partial charge on any atom is 0.0384 e. The first kappa shape index (κ1) is 5.65. The van der Waals surface area contributed by atoms with Gasteiger partial charge in [0, 0.05) is 25.2 Å². The van der Waals surface area contributed by atoms with Gasteiger partial charge in [-0.2, -0.15) is 0 Å². The zero-order valence-electron chi connectivity index (χ0n) is 5.72. The molecule has 2 N–H and O–H groups in total. The molecule has 3 nitrogen and oxygen atoms in total. The molecule has 2 aliphatic rings. The number of hydrogen-bond acceptors (Lipinski definition) is 3. The minimum Gasteiger partial charge on any atom is -0.311 e. The Morgan fingerprint density at radius 1 is 1.67 bits per heavy atom. The lowest BCUT2D eigenvalue weighted by Gasteiger charge is -2.25. The maximum absolute atomic E-state index is 3.44. The van der Waals surface area contributed by atoms with Crippen molar-refractivity contribution >= 4 is 0 Å². The average Bonchev–Trinajstić information content (AvgIpc) is 2.45. The van der Waals surface area contributed by atoms with E-state index in [0.29, 0.717) is 0 Å². The summed E-state index contributed by atoms with van der Waals surface area (Å²) < 4.78 is 0. The summed E-state index contributed by atoms with van der Waals surface area (Å²) in [6, 6.07) is 1.53. The quantitative estimate of drug-likeness (QED) is 0.481. The van der Waals surface area contributed by atoms with Crippen LogP contribution >= 0.6 is 0 Å². The number of nitrogens with zero attached hydrogens (tertiary/aromatic N) is 1. The second kappa shape index (κ2) is 1.94. The van der Waals surface area contributed by atoms with Gasteiger partial charge in [0.15, 0.2) is 0 Å². The molecule has 0 aromatic rings. The summed E-state index contributed by atoms with van der Waals surface area (Å²) in [5.41, 5.74) is 3.19. The molecule has 0 unspecified atom stereocenters. The van der Waals surface area contributed by atoms with E-state index in [0.717, 1.165) is 12.1 Å². The predicted octanol–water partition coefficient (Wildman–Crippen LogP) is -0.833. The van der Waals surface area contributed by atoms with E-state index in [1.54, 1.807) is 0 Å². The fourth-order valence-corrected chi connectivity index (χ4v) is 1.83. The smallest absolute Gasteiger partial charge is 0.0384 e. The lowest BCUT2D eigenvalue weighted by atomic mass is 10.2. The van der Waals surface area contributed by atoms with Crippen molar-refractivity contribution in [3.63, 3.8) is 0 Å². The Balaban J connectivity index is 2.01. The Morgan fingerprint density at radius 2 is 2.56 bits per heavy atom. The molecule has 0 saturated carbocycles. The zero-order valence-corrected chi connectivity index (χ0v) is 5.72. The second-order valence-corrected chi connectivity index (χ2v) is 2.87. The molecule has 2 aliphatic heterocycles. The molecule has 2 heterocycles. The normalized spacial score (nSPS) is 42.3. The van der Waals surface area contributed by atoms with E-state index >= 15 is 0 Å². The molecule has 52 valence electrons. The number of nitrogens with one attached hydrogen (secondary N) is 2. The number of fused-ring (bicyclic) bond motifs is 2. The third kappa shape index (κ3) is 0.764. The van der Waals surface area contributed by atoms with Crippen molar-refractivity contribution in [1.29, 1.82) is 0 Å². The van der Waals surface area contributed by atoms with Crippen LogP contribution in [0.2, 0.25) is 0 Å². The molecule has 9 heavy (non-hydrogen) atoms. The van der Waals surface area contributed by atoms with Crippen LogP contribution in [0.3, 0.4) is 0 Å². The number of rotatable bonds is 1. The van der Waals surface area contributed by atoms with Crippen LogP contribution in [0.1, 0.15) is 6.42 Å². The van der Waals surface area contributed by atoms with Crippen molar-refractivity contribution in [1.82, 2.24) is 15.8 Å². The molecule has 2 fully saturated rings. The van der Waals surface area contributed by atoms with Gasteiger partial charge in [-0.15, -0.1) is 0 Å². The Morgan fingerprint density at radius 3 is 2.89 bits per heavy atom. The molecule has 0 aromatic heterocycles. The highest BCUT2D eigenvalue weighted by atomic mass is 15.5. The molecule has 0 amide bonds. The first-order valence-electron chi connectivity index (χ1n) is 3.57. The number of piperazine rings is 1. The summed E-state index contributed by atoms with van der Waals surface area (Å²) in [4.78, 5) is 0. The Kier molecular flexibility index (Phi) is 1.22. The van der Waals surface area contributed by atoms with Crippen molar-refractivity contribution < 1.29 is 0 Å². The number of hydrogen-bond donors (Lipinski definition) is 2. The van der Waals surface area contributed by atoms with Crippen LogP contribution in [0, 0.1) is 0 Å². The third-order valence-corrected chi connectivity index (χ3v) is 2.34. The highest BCUT2D eigenvalue weighted by Gasteiger charge is 2.36. The second-order valence-electron chi connectivity index (χ2n) is 2.87. The predicted molar refractivity (Wildman–Crippen MR) is 36.0 cm³/mol. The lowest BCUT2D eigenvalue weighted by Crippen LogP contribution is -2.48. The molecule has 2 atom stereocenters. The van der Waals surface area contributed by atoms with Gasteiger partial charge < -0.3 is 5.32 Å². The van der Waals surface area contributed by atoms with Gasteiger partial charge in [0.25, 0.3) is 0 Å². The first-order chi connectivity index (χ1) is 4.40. The minimum atomic E-state index is 0.764. The van der Waals surface area contributed by atoms with E-state index in [9.17, 15) is 0 Å². The highest BCUT2D eigenvalue weighted by Crippen LogP contribution is 2.20. The summed E-state index contributed by atoms with van der Waals surface area (Å²) in [5.74, 6) is 0. The molecule has 2 bridgehead atoms. The van der Waals surface area contributed by atoms with Crippen LogP contribution in [0.4, 0.5) is 0 Å². The molecule has 0 radical (unpaired) electrons. The van der Waals surface area contributed by atoms with Crippen LogP contribution in [0.25, 0.3) is 0 Å². The highest BCUT2D eigenvalue weighted by molar-refractivity contribution is 4.95. The summed E-state index contributed by atoms with van der Waals surface area (Å²) in [5, 5.41) is 5.76.